The maximum Gasteiger partial charge on any atom is 0.170 e. The number of benzene rings is 2. The number of nitrogens with two attached hydrogens (primary N) is 1. The molecule has 0 amide bonds. The fraction of sp³-hybridized carbons (Fsp3) is 0.133. The van der Waals surface area contributed by atoms with E-state index in [1.807, 2.05) is 24.3 Å². The predicted octanol–water partition coefficient (Wildman–Crippen LogP) is 3.02. The van der Waals surface area contributed by atoms with Gasteiger partial charge >= 0.3 is 0 Å². The normalized spacial score (nSPS) is 11.2. The molecule has 0 aromatic heterocycles. The van der Waals surface area contributed by atoms with Crippen molar-refractivity contribution in [2.75, 3.05) is 7.11 Å². The van der Waals surface area contributed by atoms with Crippen LogP contribution in [0.5, 0.6) is 11.5 Å². The minimum atomic E-state index is -0.00348. The number of ether oxygens (including phenoxy) is 2. The molecule has 0 spiro atoms. The van der Waals surface area contributed by atoms with E-state index in [2.05, 4.69) is 5.16 Å². The van der Waals surface area contributed by atoms with Crippen LogP contribution in [-0.4, -0.2) is 18.2 Å². The van der Waals surface area contributed by atoms with Crippen molar-refractivity contribution in [3.63, 3.8) is 0 Å². The summed E-state index contributed by atoms with van der Waals surface area (Å²) in [5.41, 5.74) is 6.98. The molecular formula is C15H15ClN2O3. The highest BCUT2D eigenvalue weighted by Gasteiger charge is 2.06. The third-order valence-corrected chi connectivity index (χ3v) is 3.16. The Morgan fingerprint density at radius 1 is 1.29 bits per heavy atom. The molecule has 21 heavy (non-hydrogen) atoms. The summed E-state index contributed by atoms with van der Waals surface area (Å²) in [5.74, 6) is 1.29. The maximum atomic E-state index is 8.63. The predicted molar refractivity (Wildman–Crippen MR) is 81.3 cm³/mol. The molecule has 0 heterocycles. The second kappa shape index (κ2) is 6.85. The Morgan fingerprint density at radius 2 is 2.10 bits per heavy atom. The van der Waals surface area contributed by atoms with Crippen molar-refractivity contribution in [3.8, 4) is 11.5 Å². The molecule has 0 aliphatic heterocycles. The third kappa shape index (κ3) is 3.79. The topological polar surface area (TPSA) is 77.1 Å². The SMILES string of the molecule is COc1cccc(COc2ccc(C(N)=NO)cc2Cl)c1. The van der Waals surface area contributed by atoms with E-state index in [0.717, 1.165) is 11.3 Å². The molecule has 2 aromatic carbocycles. The Morgan fingerprint density at radius 3 is 2.76 bits per heavy atom. The summed E-state index contributed by atoms with van der Waals surface area (Å²) in [6, 6.07) is 12.5. The van der Waals surface area contributed by atoms with Gasteiger partial charge in [-0.3, -0.25) is 0 Å². The Bertz CT molecular complexity index is 659. The van der Waals surface area contributed by atoms with Crippen LogP contribution in [0.25, 0.3) is 0 Å². The first-order chi connectivity index (χ1) is 10.1. The summed E-state index contributed by atoms with van der Waals surface area (Å²) in [6.07, 6.45) is 0. The highest BCUT2D eigenvalue weighted by atomic mass is 35.5. The van der Waals surface area contributed by atoms with E-state index in [1.165, 1.54) is 0 Å². The first-order valence-electron chi connectivity index (χ1n) is 6.17. The molecule has 0 saturated heterocycles. The molecule has 0 unspecified atom stereocenters. The van der Waals surface area contributed by atoms with Crippen molar-refractivity contribution in [1.29, 1.82) is 0 Å². The average molecular weight is 307 g/mol. The highest BCUT2D eigenvalue weighted by Crippen LogP contribution is 2.26. The van der Waals surface area contributed by atoms with Gasteiger partial charge in [-0.2, -0.15) is 0 Å². The van der Waals surface area contributed by atoms with Crippen LogP contribution in [0.1, 0.15) is 11.1 Å². The molecule has 0 atom stereocenters. The van der Waals surface area contributed by atoms with Crippen LogP contribution in [0.3, 0.4) is 0 Å². The minimum absolute atomic E-state index is 0.00348. The van der Waals surface area contributed by atoms with Gasteiger partial charge in [0.15, 0.2) is 5.84 Å². The lowest BCUT2D eigenvalue weighted by molar-refractivity contribution is 0.305. The largest absolute Gasteiger partial charge is 0.497 e. The average Bonchev–Trinajstić information content (AvgIpc) is 2.53. The summed E-state index contributed by atoms with van der Waals surface area (Å²) in [6.45, 7) is 0.361. The van der Waals surface area contributed by atoms with Crippen LogP contribution < -0.4 is 15.2 Å². The first kappa shape index (κ1) is 15.0. The van der Waals surface area contributed by atoms with E-state index in [1.54, 1.807) is 25.3 Å². The fourth-order valence-corrected chi connectivity index (χ4v) is 1.99. The summed E-state index contributed by atoms with van der Waals surface area (Å²) in [7, 11) is 1.61. The van der Waals surface area contributed by atoms with Gasteiger partial charge in [0.25, 0.3) is 0 Å². The zero-order chi connectivity index (χ0) is 15.2. The zero-order valence-corrected chi connectivity index (χ0v) is 12.2. The number of rotatable bonds is 5. The number of hydrogen-bond acceptors (Lipinski definition) is 4. The van der Waals surface area contributed by atoms with Crippen LogP contribution in [-0.2, 0) is 6.61 Å². The van der Waals surface area contributed by atoms with Crippen LogP contribution in [0.2, 0.25) is 5.02 Å². The molecular weight excluding hydrogens is 292 g/mol. The number of hydrogen-bond donors (Lipinski definition) is 2. The number of oxime groups is 1. The lowest BCUT2D eigenvalue weighted by Crippen LogP contribution is -2.12. The van der Waals surface area contributed by atoms with Gasteiger partial charge in [0, 0.05) is 5.56 Å². The quantitative estimate of drug-likeness (QED) is 0.385. The molecule has 0 aliphatic carbocycles. The number of halogens is 1. The van der Waals surface area contributed by atoms with E-state index in [4.69, 9.17) is 32.0 Å². The van der Waals surface area contributed by atoms with Crippen molar-refractivity contribution in [2.45, 2.75) is 6.61 Å². The summed E-state index contributed by atoms with van der Waals surface area (Å²) in [4.78, 5) is 0. The summed E-state index contributed by atoms with van der Waals surface area (Å²) < 4.78 is 10.8. The van der Waals surface area contributed by atoms with E-state index in [0.29, 0.717) is 22.9 Å². The van der Waals surface area contributed by atoms with Crippen molar-refractivity contribution >= 4 is 17.4 Å². The molecule has 0 aliphatic rings. The molecule has 0 fully saturated rings. The summed E-state index contributed by atoms with van der Waals surface area (Å²) >= 11 is 6.11. The highest BCUT2D eigenvalue weighted by molar-refractivity contribution is 6.32. The Kier molecular flexibility index (Phi) is 4.90. The lowest BCUT2D eigenvalue weighted by Gasteiger charge is -2.10. The molecule has 2 rings (SSSR count). The fourth-order valence-electron chi connectivity index (χ4n) is 1.76. The summed E-state index contributed by atoms with van der Waals surface area (Å²) in [5, 5.41) is 11.9. The van der Waals surface area contributed by atoms with Crippen molar-refractivity contribution in [3.05, 3.63) is 58.6 Å². The Labute approximate surface area is 127 Å². The second-order valence-corrected chi connectivity index (χ2v) is 4.68. The van der Waals surface area contributed by atoms with Gasteiger partial charge < -0.3 is 20.4 Å². The smallest absolute Gasteiger partial charge is 0.170 e. The van der Waals surface area contributed by atoms with Crippen molar-refractivity contribution in [2.24, 2.45) is 10.9 Å². The van der Waals surface area contributed by atoms with Crippen LogP contribution in [0, 0.1) is 0 Å². The van der Waals surface area contributed by atoms with E-state index < -0.39 is 0 Å². The van der Waals surface area contributed by atoms with Gasteiger partial charge in [0.05, 0.1) is 12.1 Å². The van der Waals surface area contributed by atoms with E-state index in [9.17, 15) is 0 Å². The Balaban J connectivity index is 2.09. The molecule has 5 nitrogen and oxygen atoms in total. The molecule has 6 heteroatoms. The van der Waals surface area contributed by atoms with Gasteiger partial charge in [0.2, 0.25) is 0 Å². The van der Waals surface area contributed by atoms with Gasteiger partial charge in [-0.25, -0.2) is 0 Å². The molecule has 0 bridgehead atoms. The number of methoxy groups -OCH3 is 1. The number of nitrogens with zero attached hydrogens (tertiary/aromatic N) is 1. The lowest BCUT2D eigenvalue weighted by atomic mass is 10.2. The first-order valence-corrected chi connectivity index (χ1v) is 6.55. The minimum Gasteiger partial charge on any atom is -0.497 e. The molecule has 0 saturated carbocycles. The van der Waals surface area contributed by atoms with Gasteiger partial charge in [0.1, 0.15) is 18.1 Å². The number of amidine groups is 1. The van der Waals surface area contributed by atoms with Crippen LogP contribution >= 0.6 is 11.6 Å². The van der Waals surface area contributed by atoms with Crippen molar-refractivity contribution < 1.29 is 14.7 Å². The molecule has 3 N–H and O–H groups in total. The molecule has 110 valence electrons. The van der Waals surface area contributed by atoms with Crippen molar-refractivity contribution in [1.82, 2.24) is 0 Å². The standard InChI is InChI=1S/C15H15ClN2O3/c1-20-12-4-2-3-10(7-12)9-21-14-6-5-11(8-13(14)16)15(17)18-19/h2-8,19H,9H2,1H3,(H2,17,18). The maximum absolute atomic E-state index is 8.63. The van der Waals surface area contributed by atoms with Crippen LogP contribution in [0.4, 0.5) is 0 Å². The van der Waals surface area contributed by atoms with Crippen LogP contribution in [0.15, 0.2) is 47.6 Å². The van der Waals surface area contributed by atoms with E-state index >= 15 is 0 Å². The van der Waals surface area contributed by atoms with Gasteiger partial charge in [-0.15, -0.1) is 0 Å². The molecule has 2 aromatic rings. The monoisotopic (exact) mass is 306 g/mol. The van der Waals surface area contributed by atoms with Gasteiger partial charge in [-0.05, 0) is 35.9 Å². The third-order valence-electron chi connectivity index (χ3n) is 2.86. The van der Waals surface area contributed by atoms with E-state index in [-0.39, 0.29) is 5.84 Å². The second-order valence-electron chi connectivity index (χ2n) is 4.27. The molecule has 0 radical (unpaired) electrons. The Hall–Kier alpha value is -2.40. The van der Waals surface area contributed by atoms with Gasteiger partial charge in [-0.1, -0.05) is 28.9 Å². The zero-order valence-electron chi connectivity index (χ0n) is 11.4.